The molecule has 1 aliphatic heterocycles. The number of phenolic OH excluding ortho intramolecular Hbond substituents is 2. The smallest absolute Gasteiger partial charge is 0.142 e. The van der Waals surface area contributed by atoms with Crippen LogP contribution in [-0.4, -0.2) is 10.2 Å². The van der Waals surface area contributed by atoms with Crippen LogP contribution in [0.15, 0.2) is 52.9 Å². The standard InChI is InChI=1S/C14H10O3/c15-10-4-2-5-11(16)14(10)13-8-7-9-3-1-6-12(9)17-13/h1-8,15-16H. The molecule has 0 fully saturated rings. The maximum atomic E-state index is 9.75. The topological polar surface area (TPSA) is 53.6 Å². The fraction of sp³-hybridized carbons (Fsp3) is 0. The number of hydrogen-bond donors (Lipinski definition) is 2. The van der Waals surface area contributed by atoms with Gasteiger partial charge in [0.05, 0.1) is 0 Å². The van der Waals surface area contributed by atoms with Crippen molar-refractivity contribution in [3.05, 3.63) is 48.5 Å². The minimum absolute atomic E-state index is 0.000318. The zero-order valence-electron chi connectivity index (χ0n) is 8.92. The average molecular weight is 226 g/mol. The van der Waals surface area contributed by atoms with Crippen LogP contribution in [0.1, 0.15) is 0 Å². The Hall–Kier alpha value is -2.42. The maximum Gasteiger partial charge on any atom is 0.142 e. The first-order valence-corrected chi connectivity index (χ1v) is 5.25. The fourth-order valence-corrected chi connectivity index (χ4v) is 1.88. The Morgan fingerprint density at radius 2 is 1.41 bits per heavy atom. The van der Waals surface area contributed by atoms with E-state index in [4.69, 9.17) is 4.42 Å². The van der Waals surface area contributed by atoms with Crippen molar-refractivity contribution in [2.75, 3.05) is 0 Å². The summed E-state index contributed by atoms with van der Waals surface area (Å²) < 4.78 is 5.63. The monoisotopic (exact) mass is 226 g/mol. The third-order valence-electron chi connectivity index (χ3n) is 2.71. The first-order valence-electron chi connectivity index (χ1n) is 5.25. The van der Waals surface area contributed by atoms with Crippen molar-refractivity contribution in [2.24, 2.45) is 0 Å². The second-order valence-electron chi connectivity index (χ2n) is 3.82. The Morgan fingerprint density at radius 3 is 2.18 bits per heavy atom. The second-order valence-corrected chi connectivity index (χ2v) is 3.82. The minimum atomic E-state index is -0.000318. The molecule has 0 amide bonds. The van der Waals surface area contributed by atoms with E-state index in [0.717, 1.165) is 11.3 Å². The van der Waals surface area contributed by atoms with E-state index in [1.54, 1.807) is 12.1 Å². The van der Waals surface area contributed by atoms with Gasteiger partial charge in [0, 0.05) is 5.56 Å². The van der Waals surface area contributed by atoms with Crippen molar-refractivity contribution in [3.63, 3.8) is 0 Å². The first-order chi connectivity index (χ1) is 8.25. The van der Waals surface area contributed by atoms with Gasteiger partial charge in [-0.1, -0.05) is 18.2 Å². The minimum Gasteiger partial charge on any atom is -0.507 e. The molecule has 0 bridgehead atoms. The van der Waals surface area contributed by atoms with Crippen molar-refractivity contribution in [1.82, 2.24) is 0 Å². The molecule has 1 aromatic rings. The molecule has 0 spiro atoms. The summed E-state index contributed by atoms with van der Waals surface area (Å²) in [5.41, 5.74) is 1.30. The highest BCUT2D eigenvalue weighted by molar-refractivity contribution is 5.74. The second kappa shape index (κ2) is 3.56. The molecule has 0 radical (unpaired) electrons. The Balaban J connectivity index is 2.25. The van der Waals surface area contributed by atoms with Gasteiger partial charge in [-0.15, -0.1) is 0 Å². The Labute approximate surface area is 97.9 Å². The maximum absolute atomic E-state index is 9.75. The molecule has 17 heavy (non-hydrogen) atoms. The number of fused-ring (bicyclic) bond motifs is 1. The quantitative estimate of drug-likeness (QED) is 0.668. The highest BCUT2D eigenvalue weighted by atomic mass is 16.3. The lowest BCUT2D eigenvalue weighted by atomic mass is 10.1. The summed E-state index contributed by atoms with van der Waals surface area (Å²) in [4.78, 5) is 0. The Kier molecular flexibility index (Phi) is 2.05. The van der Waals surface area contributed by atoms with Crippen LogP contribution >= 0.6 is 0 Å². The van der Waals surface area contributed by atoms with E-state index in [-0.39, 0.29) is 11.5 Å². The van der Waals surface area contributed by atoms with E-state index in [1.807, 2.05) is 24.3 Å². The van der Waals surface area contributed by atoms with E-state index >= 15 is 0 Å². The number of hydrogen-bond acceptors (Lipinski definition) is 3. The van der Waals surface area contributed by atoms with Gasteiger partial charge in [0.2, 0.25) is 0 Å². The summed E-state index contributed by atoms with van der Waals surface area (Å²) in [7, 11) is 0. The van der Waals surface area contributed by atoms with E-state index in [2.05, 4.69) is 0 Å². The first kappa shape index (κ1) is 9.78. The van der Waals surface area contributed by atoms with Crippen LogP contribution in [0, 0.1) is 0 Å². The van der Waals surface area contributed by atoms with Crippen LogP contribution in [0.25, 0.3) is 22.6 Å². The predicted molar refractivity (Wildman–Crippen MR) is 64.1 cm³/mol. The van der Waals surface area contributed by atoms with Crippen LogP contribution in [0.4, 0.5) is 0 Å². The van der Waals surface area contributed by atoms with Crippen molar-refractivity contribution >= 4 is 0 Å². The molecule has 2 aliphatic rings. The van der Waals surface area contributed by atoms with Gasteiger partial charge in [0.15, 0.2) is 0 Å². The van der Waals surface area contributed by atoms with Gasteiger partial charge in [-0.05, 0) is 30.3 Å². The third-order valence-corrected chi connectivity index (χ3v) is 2.71. The van der Waals surface area contributed by atoms with E-state index in [0.29, 0.717) is 11.3 Å². The number of benzene rings is 1. The summed E-state index contributed by atoms with van der Waals surface area (Å²) in [5, 5.41) is 19.5. The third kappa shape index (κ3) is 1.52. The molecular formula is C14H10O3. The molecule has 1 heterocycles. The summed E-state index contributed by atoms with van der Waals surface area (Å²) in [6.07, 6.45) is 0. The Morgan fingerprint density at radius 1 is 0.706 bits per heavy atom. The Bertz CT molecular complexity index is 620. The number of phenols is 2. The number of aromatic hydroxyl groups is 2. The molecule has 0 saturated heterocycles. The van der Waals surface area contributed by atoms with Crippen molar-refractivity contribution in [2.45, 2.75) is 0 Å². The van der Waals surface area contributed by atoms with Gasteiger partial charge in [-0.2, -0.15) is 0 Å². The van der Waals surface area contributed by atoms with Crippen molar-refractivity contribution in [3.8, 4) is 34.1 Å². The molecule has 0 aromatic heterocycles. The van der Waals surface area contributed by atoms with Gasteiger partial charge in [0.1, 0.15) is 28.6 Å². The lowest BCUT2D eigenvalue weighted by Crippen LogP contribution is -1.82. The molecule has 3 rings (SSSR count). The van der Waals surface area contributed by atoms with Crippen LogP contribution in [-0.2, 0) is 0 Å². The van der Waals surface area contributed by atoms with E-state index < -0.39 is 0 Å². The normalized spacial score (nSPS) is 10.8. The van der Waals surface area contributed by atoms with Crippen LogP contribution in [0.3, 0.4) is 0 Å². The van der Waals surface area contributed by atoms with Gasteiger partial charge in [0.25, 0.3) is 0 Å². The molecule has 0 atom stereocenters. The summed E-state index contributed by atoms with van der Waals surface area (Å²) >= 11 is 0. The van der Waals surface area contributed by atoms with Crippen LogP contribution in [0.5, 0.6) is 11.5 Å². The zero-order valence-corrected chi connectivity index (χ0v) is 8.92. The van der Waals surface area contributed by atoms with Crippen molar-refractivity contribution < 1.29 is 14.6 Å². The molecule has 0 saturated carbocycles. The highest BCUT2D eigenvalue weighted by Crippen LogP contribution is 2.39. The van der Waals surface area contributed by atoms with E-state index in [1.165, 1.54) is 12.1 Å². The molecule has 3 nitrogen and oxygen atoms in total. The SMILES string of the molecule is Oc1cccc(O)c1-c1ccc2cccc-2o1. The molecule has 1 aromatic carbocycles. The molecule has 3 heteroatoms. The fourth-order valence-electron chi connectivity index (χ4n) is 1.88. The van der Waals surface area contributed by atoms with Crippen LogP contribution in [0.2, 0.25) is 0 Å². The van der Waals surface area contributed by atoms with Gasteiger partial charge in [-0.25, -0.2) is 0 Å². The summed E-state index contributed by atoms with van der Waals surface area (Å²) in [5.74, 6) is 1.17. The molecular weight excluding hydrogens is 216 g/mol. The average Bonchev–Trinajstić information content (AvgIpc) is 2.76. The summed E-state index contributed by atoms with van der Waals surface area (Å²) in [6.45, 7) is 0. The van der Waals surface area contributed by atoms with Crippen LogP contribution < -0.4 is 0 Å². The number of rotatable bonds is 1. The van der Waals surface area contributed by atoms with Gasteiger partial charge < -0.3 is 14.6 Å². The lowest BCUT2D eigenvalue weighted by molar-refractivity contribution is 0.449. The van der Waals surface area contributed by atoms with Gasteiger partial charge >= 0.3 is 0 Å². The zero-order chi connectivity index (χ0) is 11.8. The van der Waals surface area contributed by atoms with Gasteiger partial charge in [-0.3, -0.25) is 0 Å². The molecule has 0 unspecified atom stereocenters. The summed E-state index contributed by atoms with van der Waals surface area (Å²) in [6, 6.07) is 13.9. The van der Waals surface area contributed by atoms with Crippen molar-refractivity contribution in [1.29, 1.82) is 0 Å². The lowest BCUT2D eigenvalue weighted by Gasteiger charge is -2.08. The largest absolute Gasteiger partial charge is 0.507 e. The molecule has 1 aliphatic carbocycles. The molecule has 84 valence electrons. The highest BCUT2D eigenvalue weighted by Gasteiger charge is 2.14. The van der Waals surface area contributed by atoms with E-state index in [9.17, 15) is 10.2 Å². The predicted octanol–water partition coefficient (Wildman–Crippen LogP) is 3.46. The molecule has 2 N–H and O–H groups in total.